The first-order chi connectivity index (χ1) is 15.0. The molecular weight excluding hydrogens is 386 g/mol. The molecule has 3 aromatic rings. The Balaban J connectivity index is 1.75. The summed E-state index contributed by atoms with van der Waals surface area (Å²) in [5, 5.41) is 9.64. The fourth-order valence-corrected chi connectivity index (χ4v) is 4.00. The number of ether oxygens (including phenoxy) is 1. The molecule has 2 N–H and O–H groups in total. The zero-order valence-electron chi connectivity index (χ0n) is 18.4. The number of aromatic nitrogens is 1. The molecule has 0 saturated heterocycles. The molecular formula is C25H27N5O. The van der Waals surface area contributed by atoms with Crippen molar-refractivity contribution in [2.24, 2.45) is 0 Å². The molecule has 31 heavy (non-hydrogen) atoms. The molecule has 158 valence electrons. The van der Waals surface area contributed by atoms with Crippen molar-refractivity contribution in [3.8, 4) is 22.9 Å². The number of nitriles is 1. The van der Waals surface area contributed by atoms with Gasteiger partial charge in [0, 0.05) is 31.4 Å². The molecule has 0 saturated carbocycles. The normalized spacial score (nSPS) is 13.1. The van der Waals surface area contributed by atoms with Gasteiger partial charge in [-0.1, -0.05) is 18.2 Å². The standard InChI is InChI=1S/C25H27N5O/c1-16-5-6-19(9-17(16)2)20-10-18(3)25-21(11-20)15-30(7-8-31-25)23-12-24(29-27-4)28-14-22(23)13-26/h5-6,9-12,14,27H,7-8,15H2,1-4H3,(H,28,29). The second-order valence-electron chi connectivity index (χ2n) is 7.92. The number of pyridine rings is 1. The lowest BCUT2D eigenvalue weighted by Crippen LogP contribution is -2.26. The number of anilines is 2. The number of hydrazine groups is 1. The van der Waals surface area contributed by atoms with Crippen LogP contribution in [0.15, 0.2) is 42.6 Å². The highest BCUT2D eigenvalue weighted by atomic mass is 16.5. The maximum Gasteiger partial charge on any atom is 0.142 e. The number of benzene rings is 2. The number of hydrogen-bond acceptors (Lipinski definition) is 6. The van der Waals surface area contributed by atoms with Crippen molar-refractivity contribution in [3.05, 3.63) is 70.4 Å². The van der Waals surface area contributed by atoms with E-state index in [0.29, 0.717) is 31.1 Å². The van der Waals surface area contributed by atoms with Gasteiger partial charge >= 0.3 is 0 Å². The predicted molar refractivity (Wildman–Crippen MR) is 124 cm³/mol. The van der Waals surface area contributed by atoms with Gasteiger partial charge in [-0.3, -0.25) is 0 Å². The van der Waals surface area contributed by atoms with Crippen LogP contribution >= 0.6 is 0 Å². The average Bonchev–Trinajstić information content (AvgIpc) is 2.98. The lowest BCUT2D eigenvalue weighted by Gasteiger charge is -2.24. The van der Waals surface area contributed by atoms with Gasteiger partial charge in [0.05, 0.1) is 17.8 Å². The maximum absolute atomic E-state index is 9.64. The highest BCUT2D eigenvalue weighted by molar-refractivity contribution is 5.70. The van der Waals surface area contributed by atoms with Gasteiger partial charge in [0.2, 0.25) is 0 Å². The maximum atomic E-state index is 9.64. The molecule has 0 amide bonds. The summed E-state index contributed by atoms with van der Waals surface area (Å²) in [7, 11) is 1.78. The molecule has 0 fully saturated rings. The number of nitrogens with zero attached hydrogens (tertiary/aromatic N) is 3. The zero-order valence-corrected chi connectivity index (χ0v) is 18.4. The minimum absolute atomic E-state index is 0.548. The summed E-state index contributed by atoms with van der Waals surface area (Å²) in [6, 6.07) is 15.2. The lowest BCUT2D eigenvalue weighted by molar-refractivity contribution is 0.329. The zero-order chi connectivity index (χ0) is 22.0. The van der Waals surface area contributed by atoms with E-state index in [1.807, 2.05) is 6.07 Å². The largest absolute Gasteiger partial charge is 0.491 e. The fraction of sp³-hybridized carbons (Fsp3) is 0.280. The second-order valence-corrected chi connectivity index (χ2v) is 7.92. The van der Waals surface area contributed by atoms with Gasteiger partial charge in [0.15, 0.2) is 0 Å². The van der Waals surface area contributed by atoms with E-state index in [9.17, 15) is 5.26 Å². The summed E-state index contributed by atoms with van der Waals surface area (Å²) in [6.07, 6.45) is 1.61. The molecule has 0 bridgehead atoms. The average molecular weight is 414 g/mol. The quantitative estimate of drug-likeness (QED) is 0.614. The minimum Gasteiger partial charge on any atom is -0.491 e. The van der Waals surface area contributed by atoms with Crippen molar-refractivity contribution < 1.29 is 4.74 Å². The van der Waals surface area contributed by atoms with Crippen LogP contribution in [-0.2, 0) is 6.54 Å². The molecule has 0 atom stereocenters. The number of aryl methyl sites for hydroxylation is 3. The van der Waals surface area contributed by atoms with Crippen LogP contribution < -0.4 is 20.5 Å². The second kappa shape index (κ2) is 8.66. The van der Waals surface area contributed by atoms with Crippen LogP contribution in [0.4, 0.5) is 11.5 Å². The number of rotatable bonds is 4. The highest BCUT2D eigenvalue weighted by Crippen LogP contribution is 2.35. The molecule has 2 heterocycles. The van der Waals surface area contributed by atoms with Gasteiger partial charge in [0.1, 0.15) is 24.2 Å². The number of hydrogen-bond donors (Lipinski definition) is 2. The Hall–Kier alpha value is -3.56. The third kappa shape index (κ3) is 4.18. The Morgan fingerprint density at radius 3 is 2.58 bits per heavy atom. The molecule has 6 nitrogen and oxygen atoms in total. The van der Waals surface area contributed by atoms with Crippen molar-refractivity contribution in [2.75, 3.05) is 30.5 Å². The molecule has 2 aromatic carbocycles. The van der Waals surface area contributed by atoms with Gasteiger partial charge < -0.3 is 15.1 Å². The van der Waals surface area contributed by atoms with E-state index in [0.717, 1.165) is 22.6 Å². The van der Waals surface area contributed by atoms with E-state index < -0.39 is 0 Å². The fourth-order valence-electron chi connectivity index (χ4n) is 4.00. The Bertz CT molecular complexity index is 1170. The van der Waals surface area contributed by atoms with Crippen molar-refractivity contribution in [1.29, 1.82) is 5.26 Å². The first-order valence-corrected chi connectivity index (χ1v) is 10.4. The molecule has 0 spiro atoms. The molecule has 4 rings (SSSR count). The Morgan fingerprint density at radius 2 is 1.84 bits per heavy atom. The first-order valence-electron chi connectivity index (χ1n) is 10.4. The smallest absolute Gasteiger partial charge is 0.142 e. The first kappa shape index (κ1) is 20.7. The minimum atomic E-state index is 0.548. The molecule has 0 unspecified atom stereocenters. The van der Waals surface area contributed by atoms with E-state index in [1.165, 1.54) is 22.3 Å². The molecule has 6 heteroatoms. The SMILES string of the molecule is CNNc1cc(N2CCOc3c(C)cc(-c4ccc(C)c(C)c4)cc3C2)c(C#N)cn1. The summed E-state index contributed by atoms with van der Waals surface area (Å²) in [6.45, 7) is 8.27. The monoisotopic (exact) mass is 413 g/mol. The summed E-state index contributed by atoms with van der Waals surface area (Å²) in [5.74, 6) is 1.61. The van der Waals surface area contributed by atoms with Gasteiger partial charge in [-0.15, -0.1) is 0 Å². The van der Waals surface area contributed by atoms with Gasteiger partial charge in [-0.05, 0) is 60.7 Å². The lowest BCUT2D eigenvalue weighted by atomic mass is 9.96. The van der Waals surface area contributed by atoms with Gasteiger partial charge in [-0.25, -0.2) is 10.4 Å². The van der Waals surface area contributed by atoms with Crippen LogP contribution in [0.25, 0.3) is 11.1 Å². The van der Waals surface area contributed by atoms with Crippen molar-refractivity contribution in [3.63, 3.8) is 0 Å². The van der Waals surface area contributed by atoms with E-state index in [1.54, 1.807) is 13.2 Å². The van der Waals surface area contributed by atoms with Crippen LogP contribution in [0.3, 0.4) is 0 Å². The topological polar surface area (TPSA) is 73.2 Å². The third-order valence-corrected chi connectivity index (χ3v) is 5.76. The molecule has 1 aliphatic heterocycles. The molecule has 0 radical (unpaired) electrons. The molecule has 0 aliphatic carbocycles. The highest BCUT2D eigenvalue weighted by Gasteiger charge is 2.21. The molecule has 1 aromatic heterocycles. The number of nitrogens with one attached hydrogen (secondary N) is 2. The van der Waals surface area contributed by atoms with Crippen molar-refractivity contribution in [2.45, 2.75) is 27.3 Å². The van der Waals surface area contributed by atoms with Crippen LogP contribution in [0.2, 0.25) is 0 Å². The van der Waals surface area contributed by atoms with E-state index in [2.05, 4.69) is 77.9 Å². The van der Waals surface area contributed by atoms with Gasteiger partial charge in [0.25, 0.3) is 0 Å². The van der Waals surface area contributed by atoms with Gasteiger partial charge in [-0.2, -0.15) is 5.26 Å². The summed E-state index contributed by atoms with van der Waals surface area (Å²) in [5.41, 5.74) is 14.5. The summed E-state index contributed by atoms with van der Waals surface area (Å²) >= 11 is 0. The van der Waals surface area contributed by atoms with Crippen molar-refractivity contribution >= 4 is 11.5 Å². The van der Waals surface area contributed by atoms with Crippen LogP contribution in [0, 0.1) is 32.1 Å². The summed E-state index contributed by atoms with van der Waals surface area (Å²) in [4.78, 5) is 6.48. The predicted octanol–water partition coefficient (Wildman–Crippen LogP) is 4.49. The van der Waals surface area contributed by atoms with E-state index in [-0.39, 0.29) is 0 Å². The Kier molecular flexibility index (Phi) is 5.79. The van der Waals surface area contributed by atoms with Crippen molar-refractivity contribution in [1.82, 2.24) is 10.4 Å². The van der Waals surface area contributed by atoms with Crippen LogP contribution in [0.5, 0.6) is 5.75 Å². The Morgan fingerprint density at radius 1 is 1.03 bits per heavy atom. The summed E-state index contributed by atoms with van der Waals surface area (Å²) < 4.78 is 6.15. The van der Waals surface area contributed by atoms with E-state index in [4.69, 9.17) is 4.74 Å². The van der Waals surface area contributed by atoms with Crippen LogP contribution in [-0.4, -0.2) is 25.2 Å². The van der Waals surface area contributed by atoms with E-state index >= 15 is 0 Å². The third-order valence-electron chi connectivity index (χ3n) is 5.76. The van der Waals surface area contributed by atoms with Crippen LogP contribution in [0.1, 0.15) is 27.8 Å². The Labute approximate surface area is 183 Å². The molecule has 1 aliphatic rings. The number of fused-ring (bicyclic) bond motifs is 1.